The summed E-state index contributed by atoms with van der Waals surface area (Å²) in [6, 6.07) is 5.31. The lowest BCUT2D eigenvalue weighted by molar-refractivity contribution is -0.255. The Kier molecular flexibility index (Phi) is 4.86. The molecule has 0 aliphatic rings. The molecule has 0 amide bonds. The van der Waals surface area contributed by atoms with E-state index in [0.717, 1.165) is 6.07 Å². The predicted octanol–water partition coefficient (Wildman–Crippen LogP) is 4.16. The van der Waals surface area contributed by atoms with Crippen molar-refractivity contribution in [3.8, 4) is 0 Å². The zero-order valence-corrected chi connectivity index (χ0v) is 15.6. The number of aryl methyl sites for hydroxylation is 2. The lowest BCUT2D eigenvalue weighted by Gasteiger charge is -2.13. The highest BCUT2D eigenvalue weighted by Gasteiger charge is 2.33. The number of nitrogens with zero attached hydrogens (tertiary/aromatic N) is 2. The van der Waals surface area contributed by atoms with Gasteiger partial charge < -0.3 is 14.5 Å². The van der Waals surface area contributed by atoms with Gasteiger partial charge in [0.05, 0.1) is 16.5 Å². The molecule has 4 nitrogen and oxygen atoms in total. The van der Waals surface area contributed by atoms with Crippen LogP contribution in [0.5, 0.6) is 0 Å². The van der Waals surface area contributed by atoms with Crippen LogP contribution >= 0.6 is 23.2 Å². The standard InChI is InChI=1S/C18H13Cl2F3N2O2/c1-8-11-5-9(25(2)14(11)7-15(24-8)18(21,22)23)6-12-13(19)4-3-10(16(12)20)17(26)27/h3-5,7H,6H2,1-2H3,(H,26,27)/p-1. The molecule has 2 aromatic heterocycles. The van der Waals surface area contributed by atoms with Crippen LogP contribution in [0.15, 0.2) is 24.3 Å². The molecule has 0 aliphatic carbocycles. The summed E-state index contributed by atoms with van der Waals surface area (Å²) in [4.78, 5) is 14.8. The van der Waals surface area contributed by atoms with Crippen LogP contribution in [0, 0.1) is 6.92 Å². The Bertz CT molecular complexity index is 1070. The van der Waals surface area contributed by atoms with Crippen LogP contribution in [0.2, 0.25) is 10.0 Å². The van der Waals surface area contributed by atoms with Gasteiger partial charge in [-0.2, -0.15) is 13.2 Å². The molecule has 0 bridgehead atoms. The Balaban J connectivity index is 2.15. The fourth-order valence-corrected chi connectivity index (χ4v) is 3.53. The normalized spacial score (nSPS) is 12.0. The first-order valence-corrected chi connectivity index (χ1v) is 8.47. The third-order valence-corrected chi connectivity index (χ3v) is 5.17. The number of fused-ring (bicyclic) bond motifs is 1. The molecule has 0 spiro atoms. The Morgan fingerprint density at radius 1 is 1.26 bits per heavy atom. The Morgan fingerprint density at radius 2 is 1.93 bits per heavy atom. The molecule has 1 aromatic carbocycles. The summed E-state index contributed by atoms with van der Waals surface area (Å²) in [6.45, 7) is 1.50. The van der Waals surface area contributed by atoms with Gasteiger partial charge in [0.1, 0.15) is 5.69 Å². The van der Waals surface area contributed by atoms with Crippen molar-refractivity contribution in [1.29, 1.82) is 0 Å². The molecular weight excluding hydrogens is 404 g/mol. The minimum absolute atomic E-state index is 0.0569. The maximum Gasteiger partial charge on any atom is 0.433 e. The number of rotatable bonds is 3. The number of hydrogen-bond donors (Lipinski definition) is 0. The summed E-state index contributed by atoms with van der Waals surface area (Å²) in [5.41, 5.74) is 0.374. The highest BCUT2D eigenvalue weighted by Crippen LogP contribution is 2.34. The van der Waals surface area contributed by atoms with Crippen molar-refractivity contribution >= 4 is 40.1 Å². The molecule has 0 unspecified atom stereocenters. The zero-order valence-electron chi connectivity index (χ0n) is 14.1. The van der Waals surface area contributed by atoms with Gasteiger partial charge in [-0.3, -0.25) is 0 Å². The Morgan fingerprint density at radius 3 is 2.52 bits per heavy atom. The first-order chi connectivity index (χ1) is 12.5. The minimum atomic E-state index is -4.56. The van der Waals surface area contributed by atoms with Crippen molar-refractivity contribution in [2.24, 2.45) is 7.05 Å². The van der Waals surface area contributed by atoms with Crippen molar-refractivity contribution in [3.05, 3.63) is 62.5 Å². The molecular formula is C18H12Cl2F3N2O2-. The second kappa shape index (κ2) is 6.73. The van der Waals surface area contributed by atoms with Crippen molar-refractivity contribution in [3.63, 3.8) is 0 Å². The van der Waals surface area contributed by atoms with Crippen LogP contribution in [0.1, 0.15) is 33.0 Å². The predicted molar refractivity (Wildman–Crippen MR) is 94.1 cm³/mol. The number of pyridine rings is 1. The van der Waals surface area contributed by atoms with Gasteiger partial charge in [0.25, 0.3) is 0 Å². The van der Waals surface area contributed by atoms with E-state index in [1.165, 1.54) is 19.1 Å². The lowest BCUT2D eigenvalue weighted by Crippen LogP contribution is -2.23. The molecule has 2 heterocycles. The summed E-state index contributed by atoms with van der Waals surface area (Å²) in [6.07, 6.45) is -4.43. The quantitative estimate of drug-likeness (QED) is 0.645. The third kappa shape index (κ3) is 3.49. The van der Waals surface area contributed by atoms with Gasteiger partial charge >= 0.3 is 6.18 Å². The number of alkyl halides is 3. The molecule has 0 saturated heterocycles. The van der Waals surface area contributed by atoms with Gasteiger partial charge in [-0.15, -0.1) is 0 Å². The van der Waals surface area contributed by atoms with Crippen LogP contribution in [0.3, 0.4) is 0 Å². The first kappa shape index (κ1) is 19.5. The summed E-state index contributed by atoms with van der Waals surface area (Å²) < 4.78 is 40.7. The molecule has 0 N–H and O–H groups in total. The summed E-state index contributed by atoms with van der Waals surface area (Å²) in [5, 5.41) is 11.9. The molecule has 3 rings (SSSR count). The van der Waals surface area contributed by atoms with Gasteiger partial charge in [0, 0.05) is 40.8 Å². The SMILES string of the molecule is Cc1nc(C(F)(F)F)cc2c1cc(Cc1c(Cl)ccc(C(=O)[O-])c1Cl)n2C. The van der Waals surface area contributed by atoms with E-state index < -0.39 is 17.8 Å². The molecule has 0 saturated carbocycles. The molecule has 9 heteroatoms. The van der Waals surface area contributed by atoms with Gasteiger partial charge in [0.15, 0.2) is 0 Å². The van der Waals surface area contributed by atoms with Crippen LogP contribution in [0.25, 0.3) is 10.9 Å². The molecule has 142 valence electrons. The largest absolute Gasteiger partial charge is 0.545 e. The van der Waals surface area contributed by atoms with Crippen LogP contribution < -0.4 is 5.11 Å². The van der Waals surface area contributed by atoms with E-state index in [1.54, 1.807) is 17.7 Å². The minimum Gasteiger partial charge on any atom is -0.545 e. The van der Waals surface area contributed by atoms with Crippen LogP contribution in [0.4, 0.5) is 13.2 Å². The van der Waals surface area contributed by atoms with E-state index in [9.17, 15) is 23.1 Å². The third-order valence-electron chi connectivity index (χ3n) is 4.38. The molecule has 27 heavy (non-hydrogen) atoms. The summed E-state index contributed by atoms with van der Waals surface area (Å²) in [7, 11) is 1.61. The number of halogens is 5. The first-order valence-electron chi connectivity index (χ1n) is 7.72. The second-order valence-electron chi connectivity index (χ2n) is 6.07. The van der Waals surface area contributed by atoms with Gasteiger partial charge in [0.2, 0.25) is 0 Å². The Hall–Kier alpha value is -2.25. The number of aromatic nitrogens is 2. The van der Waals surface area contributed by atoms with Crippen molar-refractivity contribution in [2.75, 3.05) is 0 Å². The van der Waals surface area contributed by atoms with E-state index >= 15 is 0 Å². The zero-order chi connectivity index (χ0) is 20.1. The number of carbonyl (C=O) groups is 1. The molecule has 0 atom stereocenters. The number of benzene rings is 1. The van der Waals surface area contributed by atoms with E-state index in [0.29, 0.717) is 22.2 Å². The lowest BCUT2D eigenvalue weighted by atomic mass is 10.1. The number of carbonyl (C=O) groups excluding carboxylic acids is 1. The van der Waals surface area contributed by atoms with Crippen LogP contribution in [-0.2, 0) is 19.6 Å². The second-order valence-corrected chi connectivity index (χ2v) is 6.86. The highest BCUT2D eigenvalue weighted by molar-refractivity contribution is 6.37. The molecule has 0 fully saturated rings. The topological polar surface area (TPSA) is 57.9 Å². The number of carboxylic acids is 1. The molecule has 3 aromatic rings. The van der Waals surface area contributed by atoms with Crippen LogP contribution in [-0.4, -0.2) is 15.5 Å². The van der Waals surface area contributed by atoms with E-state index in [-0.39, 0.29) is 27.7 Å². The maximum absolute atomic E-state index is 13.0. The fraction of sp³-hybridized carbons (Fsp3) is 0.222. The highest BCUT2D eigenvalue weighted by atomic mass is 35.5. The van der Waals surface area contributed by atoms with Gasteiger partial charge in [-0.05, 0) is 30.7 Å². The van der Waals surface area contributed by atoms with E-state index in [1.807, 2.05) is 0 Å². The van der Waals surface area contributed by atoms with E-state index in [2.05, 4.69) is 4.98 Å². The van der Waals surface area contributed by atoms with E-state index in [4.69, 9.17) is 23.2 Å². The number of aromatic carboxylic acids is 1. The average molecular weight is 416 g/mol. The smallest absolute Gasteiger partial charge is 0.433 e. The Labute approximate surface area is 162 Å². The molecule has 0 aliphatic heterocycles. The van der Waals surface area contributed by atoms with Gasteiger partial charge in [-0.25, -0.2) is 4.98 Å². The monoisotopic (exact) mass is 415 g/mol. The van der Waals surface area contributed by atoms with Gasteiger partial charge in [-0.1, -0.05) is 29.3 Å². The average Bonchev–Trinajstić information content (AvgIpc) is 2.87. The summed E-state index contributed by atoms with van der Waals surface area (Å²) >= 11 is 12.3. The summed E-state index contributed by atoms with van der Waals surface area (Å²) in [5.74, 6) is -1.44. The van der Waals surface area contributed by atoms with Crippen molar-refractivity contribution < 1.29 is 23.1 Å². The molecule has 0 radical (unpaired) electrons. The van der Waals surface area contributed by atoms with Crippen molar-refractivity contribution in [2.45, 2.75) is 19.5 Å². The maximum atomic E-state index is 13.0. The number of carboxylic acid groups (broad SMARTS) is 1. The fourth-order valence-electron chi connectivity index (χ4n) is 2.95. The number of hydrogen-bond acceptors (Lipinski definition) is 3. The van der Waals surface area contributed by atoms with Crippen molar-refractivity contribution in [1.82, 2.24) is 9.55 Å².